The first kappa shape index (κ1) is 20.5. The van der Waals surface area contributed by atoms with Crippen LogP contribution in [0.5, 0.6) is 0 Å². The standard InChI is InChI=1S/C23H25N3O3/c1-14-3-6-20(21(24)7-14)17-8-18(22(28)13-27)10-19(9-17)23(29)26-12-16-5-4-15(2)25-11-16/h3-11,22,27-28H,12-13,24H2,1-2H3,(H,26,29). The number of carbonyl (C=O) groups excluding carboxylic acids is 1. The molecule has 0 spiro atoms. The number of pyridine rings is 1. The van der Waals surface area contributed by atoms with E-state index in [9.17, 15) is 15.0 Å². The summed E-state index contributed by atoms with van der Waals surface area (Å²) in [6, 6.07) is 14.5. The molecule has 6 nitrogen and oxygen atoms in total. The van der Waals surface area contributed by atoms with E-state index in [2.05, 4.69) is 10.3 Å². The SMILES string of the molecule is Cc1ccc(-c2cc(C(=O)NCc3ccc(C)nc3)cc(C(O)CO)c2)c(N)c1. The van der Waals surface area contributed by atoms with Crippen LogP contribution in [0.3, 0.4) is 0 Å². The predicted molar refractivity (Wildman–Crippen MR) is 113 cm³/mol. The van der Waals surface area contributed by atoms with Gasteiger partial charge in [-0.1, -0.05) is 18.2 Å². The summed E-state index contributed by atoms with van der Waals surface area (Å²) >= 11 is 0. The van der Waals surface area contributed by atoms with Gasteiger partial charge in [0.15, 0.2) is 0 Å². The molecule has 1 aromatic heterocycles. The number of amides is 1. The number of nitrogens with two attached hydrogens (primary N) is 1. The van der Waals surface area contributed by atoms with Gasteiger partial charge in [-0.05, 0) is 66.4 Å². The van der Waals surface area contributed by atoms with Gasteiger partial charge in [0.2, 0.25) is 0 Å². The van der Waals surface area contributed by atoms with Crippen molar-refractivity contribution in [3.8, 4) is 11.1 Å². The van der Waals surface area contributed by atoms with Crippen LogP contribution in [0.15, 0.2) is 54.7 Å². The second kappa shape index (κ2) is 8.86. The first-order chi connectivity index (χ1) is 13.9. The van der Waals surface area contributed by atoms with Crippen molar-refractivity contribution < 1.29 is 15.0 Å². The lowest BCUT2D eigenvalue weighted by atomic mass is 9.95. The van der Waals surface area contributed by atoms with E-state index in [4.69, 9.17) is 5.73 Å². The Morgan fingerprint density at radius 1 is 1.14 bits per heavy atom. The van der Waals surface area contributed by atoms with E-state index < -0.39 is 12.7 Å². The molecule has 0 aliphatic carbocycles. The highest BCUT2D eigenvalue weighted by Crippen LogP contribution is 2.30. The van der Waals surface area contributed by atoms with E-state index >= 15 is 0 Å². The van der Waals surface area contributed by atoms with Crippen LogP contribution in [0, 0.1) is 13.8 Å². The van der Waals surface area contributed by atoms with Crippen LogP contribution in [0.25, 0.3) is 11.1 Å². The molecule has 3 rings (SSSR count). The molecule has 0 aliphatic rings. The number of aliphatic hydroxyl groups is 2. The van der Waals surface area contributed by atoms with Gasteiger partial charge >= 0.3 is 0 Å². The number of carbonyl (C=O) groups is 1. The Bertz CT molecular complexity index is 1020. The molecule has 0 radical (unpaired) electrons. The molecule has 1 atom stereocenters. The number of nitrogens with zero attached hydrogens (tertiary/aromatic N) is 1. The average molecular weight is 391 g/mol. The summed E-state index contributed by atoms with van der Waals surface area (Å²) < 4.78 is 0. The van der Waals surface area contributed by atoms with Gasteiger partial charge in [0.25, 0.3) is 5.91 Å². The van der Waals surface area contributed by atoms with Crippen molar-refractivity contribution in [3.05, 3.63) is 82.7 Å². The van der Waals surface area contributed by atoms with Crippen molar-refractivity contribution in [1.82, 2.24) is 10.3 Å². The van der Waals surface area contributed by atoms with Gasteiger partial charge in [-0.2, -0.15) is 0 Å². The minimum absolute atomic E-state index is 0.288. The van der Waals surface area contributed by atoms with E-state index in [1.807, 2.05) is 44.2 Å². The maximum Gasteiger partial charge on any atom is 0.251 e. The van der Waals surface area contributed by atoms with Crippen molar-refractivity contribution in [2.24, 2.45) is 0 Å². The Kier molecular flexibility index (Phi) is 6.26. The van der Waals surface area contributed by atoms with E-state index in [0.717, 1.165) is 22.4 Å². The maximum atomic E-state index is 12.8. The molecule has 0 saturated carbocycles. The fraction of sp³-hybridized carbons (Fsp3) is 0.217. The number of hydrogen-bond donors (Lipinski definition) is 4. The molecule has 3 aromatic rings. The van der Waals surface area contributed by atoms with Gasteiger partial charge < -0.3 is 21.3 Å². The van der Waals surface area contributed by atoms with E-state index in [0.29, 0.717) is 28.9 Å². The number of aromatic nitrogens is 1. The third-order valence-electron chi connectivity index (χ3n) is 4.72. The minimum Gasteiger partial charge on any atom is -0.398 e. The summed E-state index contributed by atoms with van der Waals surface area (Å²) in [5.74, 6) is -0.288. The molecule has 6 heteroatoms. The summed E-state index contributed by atoms with van der Waals surface area (Å²) in [5, 5.41) is 22.4. The molecule has 0 fully saturated rings. The molecule has 1 amide bonds. The topological polar surface area (TPSA) is 108 Å². The predicted octanol–water partition coefficient (Wildman–Crippen LogP) is 2.90. The quantitative estimate of drug-likeness (QED) is 0.483. The largest absolute Gasteiger partial charge is 0.398 e. The van der Waals surface area contributed by atoms with Crippen molar-refractivity contribution in [3.63, 3.8) is 0 Å². The van der Waals surface area contributed by atoms with Crippen molar-refractivity contribution in [2.45, 2.75) is 26.5 Å². The lowest BCUT2D eigenvalue weighted by molar-refractivity contribution is 0.0935. The van der Waals surface area contributed by atoms with Gasteiger partial charge in [-0.25, -0.2) is 0 Å². The highest BCUT2D eigenvalue weighted by atomic mass is 16.3. The zero-order valence-electron chi connectivity index (χ0n) is 16.5. The normalized spacial score (nSPS) is 11.9. The third-order valence-corrected chi connectivity index (χ3v) is 4.72. The number of anilines is 1. The summed E-state index contributed by atoms with van der Waals surface area (Å²) in [6.45, 7) is 3.74. The van der Waals surface area contributed by atoms with Crippen molar-refractivity contribution >= 4 is 11.6 Å². The van der Waals surface area contributed by atoms with E-state index in [1.54, 1.807) is 24.4 Å². The molecule has 5 N–H and O–H groups in total. The number of aliphatic hydroxyl groups excluding tert-OH is 2. The monoisotopic (exact) mass is 391 g/mol. The fourth-order valence-corrected chi connectivity index (χ4v) is 3.07. The number of hydrogen-bond acceptors (Lipinski definition) is 5. The number of benzene rings is 2. The Morgan fingerprint density at radius 3 is 2.59 bits per heavy atom. The number of nitrogen functional groups attached to an aromatic ring is 1. The van der Waals surface area contributed by atoms with E-state index in [1.165, 1.54) is 0 Å². The molecular weight excluding hydrogens is 366 g/mol. The summed E-state index contributed by atoms with van der Waals surface area (Å²) in [7, 11) is 0. The lowest BCUT2D eigenvalue weighted by Crippen LogP contribution is -2.23. The van der Waals surface area contributed by atoms with Gasteiger partial charge in [-0.15, -0.1) is 0 Å². The van der Waals surface area contributed by atoms with Crippen LogP contribution in [0.4, 0.5) is 5.69 Å². The smallest absolute Gasteiger partial charge is 0.251 e. The summed E-state index contributed by atoms with van der Waals surface area (Å²) in [5.41, 5.74) is 11.9. The molecule has 2 aromatic carbocycles. The zero-order valence-corrected chi connectivity index (χ0v) is 16.5. The first-order valence-electron chi connectivity index (χ1n) is 9.37. The van der Waals surface area contributed by atoms with E-state index in [-0.39, 0.29) is 5.91 Å². The molecule has 150 valence electrons. The van der Waals surface area contributed by atoms with Crippen LogP contribution in [0.1, 0.15) is 38.8 Å². The minimum atomic E-state index is -1.09. The van der Waals surface area contributed by atoms with Gasteiger partial charge in [-0.3, -0.25) is 9.78 Å². The molecule has 0 aliphatic heterocycles. The lowest BCUT2D eigenvalue weighted by Gasteiger charge is -2.15. The molecule has 0 bridgehead atoms. The Labute approximate surface area is 170 Å². The van der Waals surface area contributed by atoms with Gasteiger partial charge in [0.1, 0.15) is 6.10 Å². The van der Waals surface area contributed by atoms with Crippen molar-refractivity contribution in [1.29, 1.82) is 0 Å². The van der Waals surface area contributed by atoms with Gasteiger partial charge in [0.05, 0.1) is 6.61 Å². The summed E-state index contributed by atoms with van der Waals surface area (Å²) in [6.07, 6.45) is 0.634. The Morgan fingerprint density at radius 2 is 1.93 bits per heavy atom. The fourth-order valence-electron chi connectivity index (χ4n) is 3.07. The molecule has 1 heterocycles. The van der Waals surface area contributed by atoms with Crippen LogP contribution < -0.4 is 11.1 Å². The third kappa shape index (κ3) is 4.99. The second-order valence-corrected chi connectivity index (χ2v) is 7.12. The zero-order chi connectivity index (χ0) is 21.0. The van der Waals surface area contributed by atoms with Gasteiger partial charge in [0, 0.05) is 35.2 Å². The van der Waals surface area contributed by atoms with Crippen LogP contribution in [0.2, 0.25) is 0 Å². The molecule has 0 saturated heterocycles. The average Bonchev–Trinajstić information content (AvgIpc) is 2.72. The van der Waals surface area contributed by atoms with Crippen molar-refractivity contribution in [2.75, 3.05) is 12.3 Å². The van der Waals surface area contributed by atoms with Crippen LogP contribution >= 0.6 is 0 Å². The van der Waals surface area contributed by atoms with Crippen LogP contribution in [-0.2, 0) is 6.54 Å². The Hall–Kier alpha value is -3.22. The number of rotatable bonds is 6. The highest BCUT2D eigenvalue weighted by Gasteiger charge is 2.15. The maximum absolute atomic E-state index is 12.8. The number of aryl methyl sites for hydroxylation is 2. The highest BCUT2D eigenvalue weighted by molar-refractivity contribution is 5.96. The molecular formula is C23H25N3O3. The van der Waals surface area contributed by atoms with Crippen LogP contribution in [-0.4, -0.2) is 27.7 Å². The second-order valence-electron chi connectivity index (χ2n) is 7.12. The Balaban J connectivity index is 1.92. The summed E-state index contributed by atoms with van der Waals surface area (Å²) in [4.78, 5) is 17.0. The molecule has 1 unspecified atom stereocenters. The number of nitrogens with one attached hydrogen (secondary N) is 1. The first-order valence-corrected chi connectivity index (χ1v) is 9.37. The molecule has 29 heavy (non-hydrogen) atoms.